The van der Waals surface area contributed by atoms with Crippen molar-refractivity contribution in [2.45, 2.75) is 51.3 Å². The van der Waals surface area contributed by atoms with Crippen molar-refractivity contribution >= 4 is 17.6 Å². The Morgan fingerprint density at radius 1 is 1.41 bits per heavy atom. The highest BCUT2D eigenvalue weighted by atomic mass is 16.7. The van der Waals surface area contributed by atoms with Crippen molar-refractivity contribution in [1.82, 2.24) is 20.1 Å². The zero-order valence-electron chi connectivity index (χ0n) is 16.1. The van der Waals surface area contributed by atoms with Gasteiger partial charge in [0.15, 0.2) is 5.60 Å². The van der Waals surface area contributed by atoms with Crippen molar-refractivity contribution < 1.29 is 14.4 Å². The van der Waals surface area contributed by atoms with E-state index in [9.17, 15) is 9.59 Å². The fraction of sp³-hybridized carbons (Fsp3) is 0.579. The van der Waals surface area contributed by atoms with Gasteiger partial charge in [-0.2, -0.15) is 0 Å². The van der Waals surface area contributed by atoms with E-state index in [4.69, 9.17) is 4.84 Å². The minimum atomic E-state index is -0.594. The molecule has 146 valence electrons. The second-order valence-corrected chi connectivity index (χ2v) is 7.60. The molecule has 0 bridgehead atoms. The number of urea groups is 1. The van der Waals surface area contributed by atoms with Gasteiger partial charge in [0.2, 0.25) is 0 Å². The van der Waals surface area contributed by atoms with Crippen LogP contribution < -0.4 is 5.32 Å². The molecule has 2 aliphatic heterocycles. The Bertz CT molecular complexity index is 721. The number of likely N-dealkylation sites (tertiary alicyclic amines) is 1. The van der Waals surface area contributed by atoms with E-state index in [1.165, 1.54) is 0 Å². The van der Waals surface area contributed by atoms with Crippen molar-refractivity contribution in [2.24, 2.45) is 5.16 Å². The van der Waals surface area contributed by atoms with Crippen molar-refractivity contribution in [3.63, 3.8) is 0 Å². The van der Waals surface area contributed by atoms with Gasteiger partial charge in [0.05, 0.1) is 18.8 Å². The lowest BCUT2D eigenvalue weighted by Gasteiger charge is -2.38. The van der Waals surface area contributed by atoms with E-state index >= 15 is 0 Å². The molecule has 1 atom stereocenters. The number of nitrogens with zero attached hydrogens (tertiary/aromatic N) is 4. The third kappa shape index (κ3) is 4.56. The Labute approximate surface area is 159 Å². The van der Waals surface area contributed by atoms with Gasteiger partial charge in [0.1, 0.15) is 5.71 Å². The summed E-state index contributed by atoms with van der Waals surface area (Å²) < 4.78 is 0. The quantitative estimate of drug-likeness (QED) is 0.871. The average molecular weight is 373 g/mol. The van der Waals surface area contributed by atoms with Gasteiger partial charge in [-0.05, 0) is 38.8 Å². The lowest BCUT2D eigenvalue weighted by Crippen LogP contribution is -2.54. The van der Waals surface area contributed by atoms with Crippen molar-refractivity contribution in [1.29, 1.82) is 0 Å². The van der Waals surface area contributed by atoms with E-state index < -0.39 is 5.60 Å². The molecular weight excluding hydrogens is 346 g/mol. The van der Waals surface area contributed by atoms with Crippen LogP contribution in [0.3, 0.4) is 0 Å². The molecule has 27 heavy (non-hydrogen) atoms. The Hall–Kier alpha value is -2.64. The molecule has 0 aliphatic carbocycles. The first-order valence-corrected chi connectivity index (χ1v) is 9.34. The standard InChI is InChI=1S/C19H27N5O3/c1-14(2)21-18(26)24-10-6-8-19(13-24)11-16(22-27-19)17(25)23(3)12-15-7-4-5-9-20-15/h4-5,7,9,14H,6,8,10-13H2,1-3H3,(H,21,26). The molecule has 1 unspecified atom stereocenters. The third-order valence-electron chi connectivity index (χ3n) is 4.80. The largest absolute Gasteiger partial charge is 0.386 e. The summed E-state index contributed by atoms with van der Waals surface area (Å²) in [5.41, 5.74) is 0.625. The molecule has 2 aliphatic rings. The number of piperidine rings is 1. The van der Waals surface area contributed by atoms with E-state index in [0.717, 1.165) is 18.5 Å². The number of carbonyl (C=O) groups excluding carboxylic acids is 2. The van der Waals surface area contributed by atoms with Crippen molar-refractivity contribution in [2.75, 3.05) is 20.1 Å². The van der Waals surface area contributed by atoms with E-state index in [0.29, 0.717) is 31.8 Å². The van der Waals surface area contributed by atoms with Crippen molar-refractivity contribution in [3.8, 4) is 0 Å². The Kier molecular flexibility index (Phi) is 5.62. The molecule has 0 aromatic carbocycles. The first-order chi connectivity index (χ1) is 12.9. The van der Waals surface area contributed by atoms with Gasteiger partial charge in [-0.25, -0.2) is 4.79 Å². The molecule has 0 saturated carbocycles. The first kappa shape index (κ1) is 19.1. The second-order valence-electron chi connectivity index (χ2n) is 7.60. The normalized spacial score (nSPS) is 21.8. The highest BCUT2D eigenvalue weighted by Crippen LogP contribution is 2.33. The number of nitrogens with one attached hydrogen (secondary N) is 1. The summed E-state index contributed by atoms with van der Waals surface area (Å²) in [6, 6.07) is 5.59. The Morgan fingerprint density at radius 3 is 2.93 bits per heavy atom. The monoisotopic (exact) mass is 373 g/mol. The van der Waals surface area contributed by atoms with Gasteiger partial charge in [0.25, 0.3) is 5.91 Å². The molecule has 3 heterocycles. The van der Waals surface area contributed by atoms with E-state index in [2.05, 4.69) is 15.5 Å². The Balaban J connectivity index is 1.59. The smallest absolute Gasteiger partial charge is 0.317 e. The predicted molar refractivity (Wildman–Crippen MR) is 101 cm³/mol. The maximum atomic E-state index is 12.7. The average Bonchev–Trinajstić information content (AvgIpc) is 3.04. The molecule has 3 rings (SSSR count). The second kappa shape index (κ2) is 7.94. The van der Waals surface area contributed by atoms with Gasteiger partial charge in [0, 0.05) is 32.3 Å². The van der Waals surface area contributed by atoms with Crippen LogP contribution in [-0.4, -0.2) is 64.2 Å². The highest BCUT2D eigenvalue weighted by molar-refractivity contribution is 6.39. The van der Waals surface area contributed by atoms with Crippen molar-refractivity contribution in [3.05, 3.63) is 30.1 Å². The third-order valence-corrected chi connectivity index (χ3v) is 4.80. The predicted octanol–water partition coefficient (Wildman–Crippen LogP) is 1.77. The maximum absolute atomic E-state index is 12.7. The lowest BCUT2D eigenvalue weighted by molar-refractivity contribution is -0.123. The molecule has 1 saturated heterocycles. The van der Waals surface area contributed by atoms with Crippen LogP contribution in [0.15, 0.2) is 29.6 Å². The number of amides is 3. The van der Waals surface area contributed by atoms with E-state index in [-0.39, 0.29) is 18.0 Å². The number of rotatable bonds is 4. The van der Waals surface area contributed by atoms with Crippen LogP contribution >= 0.6 is 0 Å². The lowest BCUT2D eigenvalue weighted by atomic mass is 9.88. The summed E-state index contributed by atoms with van der Waals surface area (Å²) in [5, 5.41) is 6.99. The number of hydrogen-bond acceptors (Lipinski definition) is 5. The molecule has 0 radical (unpaired) electrons. The molecule has 1 spiro atoms. The molecule has 1 N–H and O–H groups in total. The molecule has 1 fully saturated rings. The highest BCUT2D eigenvalue weighted by Gasteiger charge is 2.46. The van der Waals surface area contributed by atoms with Gasteiger partial charge >= 0.3 is 6.03 Å². The minimum absolute atomic E-state index is 0.0773. The van der Waals surface area contributed by atoms with Crippen LogP contribution in [0.25, 0.3) is 0 Å². The summed E-state index contributed by atoms with van der Waals surface area (Å²) in [5.74, 6) is -0.165. The summed E-state index contributed by atoms with van der Waals surface area (Å²) in [6.45, 7) is 5.40. The molecule has 3 amide bonds. The van der Waals surface area contributed by atoms with Crippen LogP contribution in [0.1, 0.15) is 38.8 Å². The number of pyridine rings is 1. The van der Waals surface area contributed by atoms with Gasteiger partial charge < -0.3 is 20.0 Å². The number of oxime groups is 1. The Morgan fingerprint density at radius 2 is 2.22 bits per heavy atom. The van der Waals surface area contributed by atoms with E-state index in [1.807, 2.05) is 32.0 Å². The zero-order chi connectivity index (χ0) is 19.4. The SMILES string of the molecule is CC(C)NC(=O)N1CCCC2(CC(C(=O)N(C)Cc3ccccn3)=NO2)C1. The fourth-order valence-electron chi connectivity index (χ4n) is 3.49. The summed E-state index contributed by atoms with van der Waals surface area (Å²) in [7, 11) is 1.73. The fourth-order valence-corrected chi connectivity index (χ4v) is 3.49. The minimum Gasteiger partial charge on any atom is -0.386 e. The van der Waals surface area contributed by atoms with Crippen LogP contribution in [0.2, 0.25) is 0 Å². The van der Waals surface area contributed by atoms with Crippen LogP contribution in [-0.2, 0) is 16.2 Å². The van der Waals surface area contributed by atoms with Gasteiger partial charge in [-0.1, -0.05) is 11.2 Å². The molecular formula is C19H27N5O3. The zero-order valence-corrected chi connectivity index (χ0v) is 16.1. The van der Waals surface area contributed by atoms with Gasteiger partial charge in [-0.15, -0.1) is 0 Å². The van der Waals surface area contributed by atoms with E-state index in [1.54, 1.807) is 23.0 Å². The first-order valence-electron chi connectivity index (χ1n) is 9.34. The molecule has 8 heteroatoms. The topological polar surface area (TPSA) is 87.1 Å². The number of aromatic nitrogens is 1. The molecule has 1 aromatic heterocycles. The number of hydrogen-bond donors (Lipinski definition) is 1. The van der Waals surface area contributed by atoms with Crippen LogP contribution in [0, 0.1) is 0 Å². The maximum Gasteiger partial charge on any atom is 0.317 e. The van der Waals surface area contributed by atoms with Crippen LogP contribution in [0.5, 0.6) is 0 Å². The van der Waals surface area contributed by atoms with Crippen LogP contribution in [0.4, 0.5) is 4.79 Å². The summed E-state index contributed by atoms with van der Waals surface area (Å²) in [6.07, 6.45) is 3.73. The molecule has 1 aromatic rings. The van der Waals surface area contributed by atoms with Gasteiger partial charge in [-0.3, -0.25) is 9.78 Å². The number of carbonyl (C=O) groups is 2. The molecule has 8 nitrogen and oxygen atoms in total. The summed E-state index contributed by atoms with van der Waals surface area (Å²) >= 11 is 0. The summed E-state index contributed by atoms with van der Waals surface area (Å²) in [4.78, 5) is 38.3.